The van der Waals surface area contributed by atoms with E-state index in [1.807, 2.05) is 11.4 Å². The maximum atomic E-state index is 12.2. The molecule has 0 spiro atoms. The molecule has 1 fully saturated rings. The van der Waals surface area contributed by atoms with Crippen LogP contribution in [0.1, 0.15) is 54.3 Å². The van der Waals surface area contributed by atoms with Gasteiger partial charge < -0.3 is 10.4 Å². The summed E-state index contributed by atoms with van der Waals surface area (Å²) in [7, 11) is 0. The van der Waals surface area contributed by atoms with E-state index < -0.39 is 0 Å². The van der Waals surface area contributed by atoms with Gasteiger partial charge in [0.1, 0.15) is 0 Å². The second kappa shape index (κ2) is 7.47. The van der Waals surface area contributed by atoms with Crippen LogP contribution in [0.25, 0.3) is 0 Å². The lowest BCUT2D eigenvalue weighted by Gasteiger charge is -2.19. The van der Waals surface area contributed by atoms with E-state index in [1.54, 1.807) is 0 Å². The fourth-order valence-corrected chi connectivity index (χ4v) is 3.35. The molecular formula is C16H21NO2S. The molecule has 1 aromatic heterocycles. The third kappa shape index (κ3) is 4.09. The van der Waals surface area contributed by atoms with E-state index in [1.165, 1.54) is 37.0 Å². The molecule has 1 heterocycles. The van der Waals surface area contributed by atoms with Gasteiger partial charge in [0.15, 0.2) is 0 Å². The van der Waals surface area contributed by atoms with Crippen LogP contribution >= 0.6 is 11.3 Å². The monoisotopic (exact) mass is 291 g/mol. The van der Waals surface area contributed by atoms with Crippen LogP contribution in [-0.4, -0.2) is 23.7 Å². The second-order valence-electron chi connectivity index (χ2n) is 5.28. The molecule has 2 rings (SSSR count). The van der Waals surface area contributed by atoms with Crippen molar-refractivity contribution in [2.75, 3.05) is 6.61 Å². The number of amides is 1. The fourth-order valence-electron chi connectivity index (χ4n) is 2.59. The summed E-state index contributed by atoms with van der Waals surface area (Å²) >= 11 is 1.47. The van der Waals surface area contributed by atoms with Crippen molar-refractivity contribution in [2.45, 2.75) is 45.1 Å². The Balaban J connectivity index is 1.90. The van der Waals surface area contributed by atoms with Gasteiger partial charge in [-0.3, -0.25) is 4.79 Å². The molecular weight excluding hydrogens is 270 g/mol. The van der Waals surface area contributed by atoms with Crippen LogP contribution in [0.3, 0.4) is 0 Å². The Bertz CT molecular complexity index is 506. The van der Waals surface area contributed by atoms with E-state index in [0.29, 0.717) is 17.9 Å². The van der Waals surface area contributed by atoms with Crippen LogP contribution in [-0.2, 0) is 0 Å². The number of aliphatic hydroxyl groups excluding tert-OH is 1. The first kappa shape index (κ1) is 15.1. The molecule has 1 atom stereocenters. The number of aliphatic hydroxyl groups is 1. The Morgan fingerprint density at radius 1 is 1.55 bits per heavy atom. The van der Waals surface area contributed by atoms with Gasteiger partial charge in [-0.15, -0.1) is 11.3 Å². The Hall–Kier alpha value is -1.31. The van der Waals surface area contributed by atoms with E-state index in [9.17, 15) is 4.79 Å². The van der Waals surface area contributed by atoms with Crippen LogP contribution in [0, 0.1) is 17.8 Å². The standard InChI is InChI=1S/C16H21NO2S/c1-12(13-6-2-3-7-13)17-16(19)14-10-15(20-11-14)8-4-5-9-18/h10-13,18H,2-3,5-7,9H2,1H3,(H,17,19). The van der Waals surface area contributed by atoms with Gasteiger partial charge in [0.25, 0.3) is 5.91 Å². The maximum absolute atomic E-state index is 12.2. The zero-order valence-electron chi connectivity index (χ0n) is 11.8. The van der Waals surface area contributed by atoms with Crippen molar-refractivity contribution in [3.63, 3.8) is 0 Å². The first-order chi connectivity index (χ1) is 9.70. The number of thiophene rings is 1. The molecule has 0 radical (unpaired) electrons. The van der Waals surface area contributed by atoms with Crippen LogP contribution in [0.15, 0.2) is 11.4 Å². The predicted molar refractivity (Wildman–Crippen MR) is 81.8 cm³/mol. The highest BCUT2D eigenvalue weighted by molar-refractivity contribution is 7.10. The summed E-state index contributed by atoms with van der Waals surface area (Å²) in [6.07, 6.45) is 5.49. The van der Waals surface area contributed by atoms with Gasteiger partial charge >= 0.3 is 0 Å². The normalized spacial score (nSPS) is 16.5. The number of hydrogen-bond donors (Lipinski definition) is 2. The Morgan fingerprint density at radius 3 is 3.00 bits per heavy atom. The van der Waals surface area contributed by atoms with Crippen LogP contribution in [0.2, 0.25) is 0 Å². The molecule has 4 heteroatoms. The average Bonchev–Trinajstić information content (AvgIpc) is 3.10. The molecule has 1 aliphatic carbocycles. The number of rotatable bonds is 4. The molecule has 3 nitrogen and oxygen atoms in total. The second-order valence-corrected chi connectivity index (χ2v) is 6.19. The minimum Gasteiger partial charge on any atom is -0.395 e. The molecule has 1 saturated carbocycles. The van der Waals surface area contributed by atoms with E-state index in [4.69, 9.17) is 5.11 Å². The molecule has 108 valence electrons. The third-order valence-corrected chi connectivity index (χ3v) is 4.62. The van der Waals surface area contributed by atoms with Gasteiger partial charge in [-0.05, 0) is 31.7 Å². The third-order valence-electron chi connectivity index (χ3n) is 3.78. The van der Waals surface area contributed by atoms with Gasteiger partial charge in [-0.1, -0.05) is 24.7 Å². The lowest BCUT2D eigenvalue weighted by molar-refractivity contribution is 0.0927. The highest BCUT2D eigenvalue weighted by Gasteiger charge is 2.23. The van der Waals surface area contributed by atoms with E-state index in [2.05, 4.69) is 24.1 Å². The molecule has 0 aliphatic heterocycles. The number of nitrogens with one attached hydrogen (secondary N) is 1. The quantitative estimate of drug-likeness (QED) is 0.838. The molecule has 0 bridgehead atoms. The summed E-state index contributed by atoms with van der Waals surface area (Å²) in [6.45, 7) is 2.17. The molecule has 0 saturated heterocycles. The number of carbonyl (C=O) groups is 1. The molecule has 0 aromatic carbocycles. The summed E-state index contributed by atoms with van der Waals surface area (Å²) < 4.78 is 0. The first-order valence-corrected chi connectivity index (χ1v) is 8.08. The zero-order valence-corrected chi connectivity index (χ0v) is 12.6. The maximum Gasteiger partial charge on any atom is 0.252 e. The van der Waals surface area contributed by atoms with Crippen molar-refractivity contribution in [2.24, 2.45) is 5.92 Å². The first-order valence-electron chi connectivity index (χ1n) is 7.20. The predicted octanol–water partition coefficient (Wildman–Crippen LogP) is 2.79. The minimum absolute atomic E-state index is 0.00384. The number of hydrogen-bond acceptors (Lipinski definition) is 3. The van der Waals surface area contributed by atoms with Crippen molar-refractivity contribution >= 4 is 17.2 Å². The van der Waals surface area contributed by atoms with Gasteiger partial charge in [0.2, 0.25) is 0 Å². The minimum atomic E-state index is -0.00384. The summed E-state index contributed by atoms with van der Waals surface area (Å²) in [5, 5.41) is 13.6. The van der Waals surface area contributed by atoms with Crippen molar-refractivity contribution in [1.29, 1.82) is 0 Å². The van der Waals surface area contributed by atoms with E-state index in [0.717, 1.165) is 4.88 Å². The van der Waals surface area contributed by atoms with Crippen molar-refractivity contribution in [1.82, 2.24) is 5.32 Å². The highest BCUT2D eigenvalue weighted by atomic mass is 32.1. The van der Waals surface area contributed by atoms with Gasteiger partial charge in [-0.25, -0.2) is 0 Å². The molecule has 1 amide bonds. The van der Waals surface area contributed by atoms with Crippen LogP contribution in [0.5, 0.6) is 0 Å². The van der Waals surface area contributed by atoms with Gasteiger partial charge in [-0.2, -0.15) is 0 Å². The van der Waals surface area contributed by atoms with Crippen LogP contribution < -0.4 is 5.32 Å². The van der Waals surface area contributed by atoms with Gasteiger partial charge in [0, 0.05) is 17.8 Å². The zero-order chi connectivity index (χ0) is 14.4. The molecule has 2 N–H and O–H groups in total. The van der Waals surface area contributed by atoms with Crippen molar-refractivity contribution < 1.29 is 9.90 Å². The fraction of sp³-hybridized carbons (Fsp3) is 0.562. The molecule has 1 aromatic rings. The van der Waals surface area contributed by atoms with Crippen molar-refractivity contribution in [3.05, 3.63) is 21.9 Å². The summed E-state index contributed by atoms with van der Waals surface area (Å²) in [6, 6.07) is 2.07. The summed E-state index contributed by atoms with van der Waals surface area (Å²) in [5.41, 5.74) is 0.688. The number of carbonyl (C=O) groups excluding carboxylic acids is 1. The highest BCUT2D eigenvalue weighted by Crippen LogP contribution is 2.27. The van der Waals surface area contributed by atoms with Crippen molar-refractivity contribution in [3.8, 4) is 11.8 Å². The van der Waals surface area contributed by atoms with E-state index >= 15 is 0 Å². The lowest BCUT2D eigenvalue weighted by Crippen LogP contribution is -2.36. The van der Waals surface area contributed by atoms with Gasteiger partial charge in [0.05, 0.1) is 17.0 Å². The molecule has 1 unspecified atom stereocenters. The SMILES string of the molecule is CC(NC(=O)c1csc(C#CCCO)c1)C1CCCC1. The Labute approximate surface area is 124 Å². The molecule has 20 heavy (non-hydrogen) atoms. The van der Waals surface area contributed by atoms with E-state index in [-0.39, 0.29) is 18.6 Å². The van der Waals surface area contributed by atoms with Crippen LogP contribution in [0.4, 0.5) is 0 Å². The largest absolute Gasteiger partial charge is 0.395 e. The lowest BCUT2D eigenvalue weighted by atomic mass is 9.99. The summed E-state index contributed by atoms with van der Waals surface area (Å²) in [4.78, 5) is 13.0. The Kier molecular flexibility index (Phi) is 5.63. The smallest absolute Gasteiger partial charge is 0.252 e. The Morgan fingerprint density at radius 2 is 2.30 bits per heavy atom. The average molecular weight is 291 g/mol. The summed E-state index contributed by atoms with van der Waals surface area (Å²) in [5.74, 6) is 6.45. The molecule has 1 aliphatic rings. The topological polar surface area (TPSA) is 49.3 Å².